The third-order valence-corrected chi connectivity index (χ3v) is 4.10. The molecule has 0 radical (unpaired) electrons. The van der Waals surface area contributed by atoms with Crippen molar-refractivity contribution in [1.29, 1.82) is 0 Å². The van der Waals surface area contributed by atoms with Gasteiger partial charge in [0, 0.05) is 12.5 Å². The first-order chi connectivity index (χ1) is 11.8. The Bertz CT molecular complexity index is 933. The van der Waals surface area contributed by atoms with Crippen LogP contribution in [0, 0.1) is 0 Å². The van der Waals surface area contributed by atoms with Crippen molar-refractivity contribution in [2.24, 2.45) is 0 Å². The number of nitrogens with zero attached hydrogens (tertiary/aromatic N) is 1. The van der Waals surface area contributed by atoms with Gasteiger partial charge in [0.05, 0.1) is 4.88 Å². The number of aromatic nitrogens is 2. The van der Waals surface area contributed by atoms with Crippen LogP contribution in [0.25, 0.3) is 0 Å². The van der Waals surface area contributed by atoms with Crippen LogP contribution in [-0.4, -0.2) is 15.1 Å². The van der Waals surface area contributed by atoms with E-state index < -0.39 is 11.9 Å². The van der Waals surface area contributed by atoms with Crippen LogP contribution in [-0.2, 0) is 12.6 Å². The van der Waals surface area contributed by atoms with Crippen molar-refractivity contribution in [3.05, 3.63) is 68.3 Å². The summed E-state index contributed by atoms with van der Waals surface area (Å²) in [5.74, 6) is -0.00498. The zero-order valence-electron chi connectivity index (χ0n) is 12.5. The van der Waals surface area contributed by atoms with E-state index in [4.69, 9.17) is 4.74 Å². The molecule has 25 heavy (non-hydrogen) atoms. The molecule has 2 aromatic heterocycles. The summed E-state index contributed by atoms with van der Waals surface area (Å²) < 4.78 is 43.2. The van der Waals surface area contributed by atoms with Gasteiger partial charge in [-0.1, -0.05) is 29.5 Å². The van der Waals surface area contributed by atoms with Crippen LogP contribution < -0.4 is 9.61 Å². The van der Waals surface area contributed by atoms with Gasteiger partial charge in [-0.05, 0) is 23.8 Å². The third-order valence-electron chi connectivity index (χ3n) is 3.22. The second-order valence-corrected chi connectivity index (χ2v) is 6.14. The molecule has 0 bridgehead atoms. The van der Waals surface area contributed by atoms with Crippen molar-refractivity contribution >= 4 is 11.3 Å². The highest BCUT2D eigenvalue weighted by Crippen LogP contribution is 2.30. The molecular formula is C16H11F3N2O3S. The molecule has 0 amide bonds. The van der Waals surface area contributed by atoms with Crippen LogP contribution in [0.15, 0.2) is 47.3 Å². The zero-order chi connectivity index (χ0) is 18.0. The number of hydrogen-bond acceptors (Lipinski definition) is 5. The molecule has 0 aliphatic rings. The van der Waals surface area contributed by atoms with E-state index in [0.717, 1.165) is 23.0 Å². The second kappa shape index (κ2) is 6.60. The van der Waals surface area contributed by atoms with Crippen LogP contribution in [0.3, 0.4) is 0 Å². The van der Waals surface area contributed by atoms with E-state index in [9.17, 15) is 23.1 Å². The number of hydrogen-bond donors (Lipinski definition) is 2. The number of rotatable bonds is 4. The summed E-state index contributed by atoms with van der Waals surface area (Å²) in [4.78, 5) is 17.0. The number of thiazole rings is 1. The second-order valence-electron chi connectivity index (χ2n) is 5.07. The molecule has 0 unspecified atom stereocenters. The quantitative estimate of drug-likeness (QED) is 0.731. The van der Waals surface area contributed by atoms with Crippen LogP contribution in [0.5, 0.6) is 17.5 Å². The summed E-state index contributed by atoms with van der Waals surface area (Å²) >= 11 is 0.911. The molecule has 0 saturated carbocycles. The molecule has 0 spiro atoms. The summed E-state index contributed by atoms with van der Waals surface area (Å²) in [6.45, 7) is 0. The minimum atomic E-state index is -4.54. The van der Waals surface area contributed by atoms with Crippen LogP contribution in [0.2, 0.25) is 0 Å². The smallest absolute Gasteiger partial charge is 0.433 e. The maximum Gasteiger partial charge on any atom is 0.433 e. The number of benzene rings is 1. The summed E-state index contributed by atoms with van der Waals surface area (Å²) in [6, 6.07) is 9.94. The van der Waals surface area contributed by atoms with Crippen molar-refractivity contribution in [2.45, 2.75) is 12.6 Å². The molecule has 0 saturated heterocycles. The van der Waals surface area contributed by atoms with E-state index >= 15 is 0 Å². The van der Waals surface area contributed by atoms with Crippen molar-refractivity contribution in [2.75, 3.05) is 0 Å². The highest BCUT2D eigenvalue weighted by atomic mass is 32.1. The van der Waals surface area contributed by atoms with Crippen LogP contribution >= 0.6 is 11.3 Å². The Morgan fingerprint density at radius 1 is 1.16 bits per heavy atom. The molecule has 0 fully saturated rings. The van der Waals surface area contributed by atoms with Crippen molar-refractivity contribution in [3.8, 4) is 17.5 Å². The maximum absolute atomic E-state index is 12.6. The lowest BCUT2D eigenvalue weighted by atomic mass is 10.1. The number of aromatic amines is 1. The SMILES string of the molecule is O=c1[nH]c(O)c(Cc2ccc(Oc3cccc(C(F)(F)F)n3)cc2)s1. The Balaban J connectivity index is 1.73. The molecule has 3 rings (SSSR count). The number of ether oxygens (including phenoxy) is 1. The van der Waals surface area contributed by atoms with Gasteiger partial charge in [0.15, 0.2) is 0 Å². The monoisotopic (exact) mass is 368 g/mol. The van der Waals surface area contributed by atoms with E-state index in [-0.39, 0.29) is 16.6 Å². The Labute approximate surface area is 143 Å². The minimum absolute atomic E-state index is 0.163. The number of aromatic hydroxyl groups is 1. The predicted octanol–water partition coefficient (Wildman–Crippen LogP) is 3.94. The molecular weight excluding hydrogens is 357 g/mol. The fraction of sp³-hybridized carbons (Fsp3) is 0.125. The largest absolute Gasteiger partial charge is 0.494 e. The van der Waals surface area contributed by atoms with Crippen molar-refractivity contribution in [1.82, 2.24) is 9.97 Å². The van der Waals surface area contributed by atoms with Gasteiger partial charge in [0.2, 0.25) is 11.8 Å². The first-order valence-electron chi connectivity index (χ1n) is 7.03. The standard InChI is InChI=1S/C16H11F3N2O3S/c17-16(18,19)12-2-1-3-13(20-12)24-10-6-4-9(5-7-10)8-11-14(22)21-15(23)25-11/h1-7,22H,8H2,(H,21,23). The van der Waals surface area contributed by atoms with Gasteiger partial charge < -0.3 is 9.84 Å². The van der Waals surface area contributed by atoms with Crippen molar-refractivity contribution < 1.29 is 23.0 Å². The van der Waals surface area contributed by atoms with Gasteiger partial charge in [0.25, 0.3) is 0 Å². The summed E-state index contributed by atoms with van der Waals surface area (Å²) in [5.41, 5.74) is -0.227. The molecule has 0 aliphatic carbocycles. The Hall–Kier alpha value is -2.81. The fourth-order valence-electron chi connectivity index (χ4n) is 2.08. The average Bonchev–Trinajstić information content (AvgIpc) is 2.86. The van der Waals surface area contributed by atoms with Crippen LogP contribution in [0.1, 0.15) is 16.1 Å². The van der Waals surface area contributed by atoms with Gasteiger partial charge in [0.1, 0.15) is 11.4 Å². The first-order valence-corrected chi connectivity index (χ1v) is 7.85. The summed E-state index contributed by atoms with van der Waals surface area (Å²) in [5, 5.41) is 9.56. The molecule has 1 aromatic carbocycles. The lowest BCUT2D eigenvalue weighted by molar-refractivity contribution is -0.141. The number of pyridine rings is 1. The maximum atomic E-state index is 12.6. The molecule has 0 aliphatic heterocycles. The van der Waals surface area contributed by atoms with Crippen LogP contribution in [0.4, 0.5) is 13.2 Å². The Morgan fingerprint density at radius 3 is 2.48 bits per heavy atom. The van der Waals surface area contributed by atoms with E-state index in [1.807, 2.05) is 0 Å². The molecule has 9 heteroatoms. The minimum Gasteiger partial charge on any atom is -0.494 e. The average molecular weight is 368 g/mol. The molecule has 0 atom stereocenters. The van der Waals surface area contributed by atoms with E-state index in [0.29, 0.717) is 17.0 Å². The number of H-pyrrole nitrogens is 1. The predicted molar refractivity (Wildman–Crippen MR) is 85.2 cm³/mol. The van der Waals surface area contributed by atoms with E-state index in [1.165, 1.54) is 12.1 Å². The first kappa shape index (κ1) is 17.0. The molecule has 2 N–H and O–H groups in total. The molecule has 2 heterocycles. The third kappa shape index (κ3) is 4.18. The highest BCUT2D eigenvalue weighted by Gasteiger charge is 2.32. The Kier molecular flexibility index (Phi) is 4.49. The molecule has 130 valence electrons. The van der Waals surface area contributed by atoms with Gasteiger partial charge in [-0.2, -0.15) is 13.2 Å². The van der Waals surface area contributed by atoms with Gasteiger partial charge >= 0.3 is 11.0 Å². The Morgan fingerprint density at radius 2 is 1.88 bits per heavy atom. The fourth-order valence-corrected chi connectivity index (χ4v) is 2.84. The normalized spacial score (nSPS) is 11.5. The van der Waals surface area contributed by atoms with E-state index in [1.54, 1.807) is 24.3 Å². The summed E-state index contributed by atoms with van der Waals surface area (Å²) in [6.07, 6.45) is -4.19. The highest BCUT2D eigenvalue weighted by molar-refractivity contribution is 7.09. The topological polar surface area (TPSA) is 75.2 Å². The van der Waals surface area contributed by atoms with Crippen molar-refractivity contribution in [3.63, 3.8) is 0 Å². The van der Waals surface area contributed by atoms with Gasteiger partial charge in [-0.15, -0.1) is 0 Å². The van der Waals surface area contributed by atoms with Gasteiger partial charge in [-0.25, -0.2) is 4.98 Å². The van der Waals surface area contributed by atoms with Gasteiger partial charge in [-0.3, -0.25) is 9.78 Å². The molecule has 5 nitrogen and oxygen atoms in total. The molecule has 3 aromatic rings. The van der Waals surface area contributed by atoms with E-state index in [2.05, 4.69) is 9.97 Å². The lowest BCUT2D eigenvalue weighted by Gasteiger charge is -2.09. The number of halogens is 3. The number of alkyl halides is 3. The lowest BCUT2D eigenvalue weighted by Crippen LogP contribution is -2.07. The number of nitrogens with one attached hydrogen (secondary N) is 1. The summed E-state index contributed by atoms with van der Waals surface area (Å²) in [7, 11) is 0. The zero-order valence-corrected chi connectivity index (χ0v) is 13.3.